The van der Waals surface area contributed by atoms with Crippen LogP contribution in [0.25, 0.3) is 0 Å². The Morgan fingerprint density at radius 1 is 1.43 bits per heavy atom. The molecule has 3 rings (SSSR count). The predicted octanol–water partition coefficient (Wildman–Crippen LogP) is 1.12. The Bertz CT molecular complexity index is 676. The molecular formula is C14H17N5O3S. The lowest BCUT2D eigenvalue weighted by molar-refractivity contribution is 0.0686. The second kappa shape index (κ2) is 6.86. The minimum absolute atomic E-state index is 0.00152. The van der Waals surface area contributed by atoms with Gasteiger partial charge in [-0.1, -0.05) is 9.64 Å². The van der Waals surface area contributed by atoms with Crippen molar-refractivity contribution in [2.75, 3.05) is 19.6 Å². The lowest BCUT2D eigenvalue weighted by Gasteiger charge is -2.31. The van der Waals surface area contributed by atoms with Gasteiger partial charge in [-0.2, -0.15) is 0 Å². The zero-order valence-electron chi connectivity index (χ0n) is 12.7. The Kier molecular flexibility index (Phi) is 4.65. The summed E-state index contributed by atoms with van der Waals surface area (Å²) < 4.78 is 8.62. The zero-order valence-corrected chi connectivity index (χ0v) is 13.5. The number of rotatable bonds is 4. The first kappa shape index (κ1) is 15.6. The first-order valence-electron chi connectivity index (χ1n) is 7.42. The summed E-state index contributed by atoms with van der Waals surface area (Å²) in [6.07, 6.45) is 3.15. The third-order valence-corrected chi connectivity index (χ3v) is 4.78. The van der Waals surface area contributed by atoms with Crippen LogP contribution in [0.2, 0.25) is 0 Å². The normalized spacial score (nSPS) is 15.6. The summed E-state index contributed by atoms with van der Waals surface area (Å²) >= 11 is 1.14. The summed E-state index contributed by atoms with van der Waals surface area (Å²) in [6, 6.07) is 1.53. The lowest BCUT2D eigenvalue weighted by atomic mass is 9.96. The SMILES string of the molecule is Cc1nnsc1C(=O)N1CCC(CNC(=O)c2ccno2)CC1. The molecule has 0 bridgehead atoms. The van der Waals surface area contributed by atoms with E-state index in [4.69, 9.17) is 4.52 Å². The van der Waals surface area contributed by atoms with Gasteiger partial charge >= 0.3 is 0 Å². The van der Waals surface area contributed by atoms with E-state index in [2.05, 4.69) is 20.1 Å². The van der Waals surface area contributed by atoms with Gasteiger partial charge in [-0.05, 0) is 37.2 Å². The summed E-state index contributed by atoms with van der Waals surface area (Å²) in [5.74, 6) is 0.311. The molecule has 122 valence electrons. The number of amides is 2. The van der Waals surface area contributed by atoms with Crippen molar-refractivity contribution in [3.05, 3.63) is 28.6 Å². The monoisotopic (exact) mass is 335 g/mol. The van der Waals surface area contributed by atoms with Crippen molar-refractivity contribution in [1.29, 1.82) is 0 Å². The van der Waals surface area contributed by atoms with Crippen molar-refractivity contribution in [2.24, 2.45) is 5.92 Å². The van der Waals surface area contributed by atoms with E-state index in [-0.39, 0.29) is 17.6 Å². The zero-order chi connectivity index (χ0) is 16.2. The maximum absolute atomic E-state index is 12.4. The van der Waals surface area contributed by atoms with E-state index in [1.807, 2.05) is 4.90 Å². The van der Waals surface area contributed by atoms with E-state index >= 15 is 0 Å². The topological polar surface area (TPSA) is 101 Å². The standard InChI is InChI=1S/C14H17N5O3S/c1-9-12(23-18-17-9)14(21)19-6-3-10(4-7-19)8-15-13(20)11-2-5-16-22-11/h2,5,10H,3-4,6-8H2,1H3,(H,15,20). The maximum atomic E-state index is 12.4. The number of likely N-dealkylation sites (tertiary alicyclic amines) is 1. The predicted molar refractivity (Wildman–Crippen MR) is 82.1 cm³/mol. The summed E-state index contributed by atoms with van der Waals surface area (Å²) in [5, 5.41) is 10.2. The second-order valence-electron chi connectivity index (χ2n) is 5.51. The Morgan fingerprint density at radius 3 is 2.83 bits per heavy atom. The Balaban J connectivity index is 1.46. The molecule has 0 radical (unpaired) electrons. The van der Waals surface area contributed by atoms with Crippen molar-refractivity contribution in [3.63, 3.8) is 0 Å². The molecule has 0 atom stereocenters. The quantitative estimate of drug-likeness (QED) is 0.898. The van der Waals surface area contributed by atoms with Crippen LogP contribution in [0.4, 0.5) is 0 Å². The summed E-state index contributed by atoms with van der Waals surface area (Å²) in [7, 11) is 0. The smallest absolute Gasteiger partial charge is 0.289 e. The molecule has 2 aromatic rings. The van der Waals surface area contributed by atoms with Gasteiger partial charge in [-0.15, -0.1) is 5.10 Å². The highest BCUT2D eigenvalue weighted by molar-refractivity contribution is 7.07. The van der Waals surface area contributed by atoms with Crippen LogP contribution >= 0.6 is 11.5 Å². The van der Waals surface area contributed by atoms with Crippen molar-refractivity contribution in [2.45, 2.75) is 19.8 Å². The van der Waals surface area contributed by atoms with Crippen LogP contribution in [0.1, 0.15) is 38.8 Å². The van der Waals surface area contributed by atoms with E-state index in [1.165, 1.54) is 12.3 Å². The number of carbonyl (C=O) groups excluding carboxylic acids is 2. The molecule has 1 fully saturated rings. The highest BCUT2D eigenvalue weighted by Crippen LogP contribution is 2.20. The van der Waals surface area contributed by atoms with E-state index in [9.17, 15) is 9.59 Å². The molecule has 2 aromatic heterocycles. The molecule has 0 aliphatic carbocycles. The molecule has 2 amide bonds. The average Bonchev–Trinajstić information content (AvgIpc) is 3.24. The first-order valence-corrected chi connectivity index (χ1v) is 8.19. The van der Waals surface area contributed by atoms with Crippen molar-refractivity contribution < 1.29 is 14.1 Å². The van der Waals surface area contributed by atoms with Gasteiger partial charge in [0.2, 0.25) is 5.76 Å². The number of aromatic nitrogens is 3. The van der Waals surface area contributed by atoms with Crippen LogP contribution in [-0.2, 0) is 0 Å². The molecule has 9 heteroatoms. The molecule has 8 nitrogen and oxygen atoms in total. The molecule has 0 aromatic carbocycles. The van der Waals surface area contributed by atoms with Gasteiger partial charge in [-0.3, -0.25) is 9.59 Å². The summed E-state index contributed by atoms with van der Waals surface area (Å²) in [4.78, 5) is 26.6. The van der Waals surface area contributed by atoms with Crippen LogP contribution < -0.4 is 5.32 Å². The van der Waals surface area contributed by atoms with Crippen LogP contribution in [-0.4, -0.2) is 51.1 Å². The van der Waals surface area contributed by atoms with E-state index in [0.717, 1.165) is 24.4 Å². The van der Waals surface area contributed by atoms with Gasteiger partial charge in [0.1, 0.15) is 4.88 Å². The summed E-state index contributed by atoms with van der Waals surface area (Å²) in [5.41, 5.74) is 0.682. The fraction of sp³-hybridized carbons (Fsp3) is 0.500. The number of nitrogens with one attached hydrogen (secondary N) is 1. The van der Waals surface area contributed by atoms with E-state index < -0.39 is 0 Å². The molecule has 1 saturated heterocycles. The highest BCUT2D eigenvalue weighted by atomic mass is 32.1. The molecule has 1 N–H and O–H groups in total. The number of piperidine rings is 1. The Hall–Kier alpha value is -2.29. The van der Waals surface area contributed by atoms with Crippen LogP contribution in [0, 0.1) is 12.8 Å². The van der Waals surface area contributed by atoms with Gasteiger partial charge < -0.3 is 14.7 Å². The second-order valence-corrected chi connectivity index (χ2v) is 6.26. The van der Waals surface area contributed by atoms with Gasteiger partial charge in [0, 0.05) is 25.7 Å². The molecule has 1 aliphatic rings. The molecule has 0 spiro atoms. The average molecular weight is 335 g/mol. The number of carbonyl (C=O) groups is 2. The molecule has 1 aliphatic heterocycles. The molecule has 3 heterocycles. The van der Waals surface area contributed by atoms with Gasteiger partial charge in [0.15, 0.2) is 0 Å². The highest BCUT2D eigenvalue weighted by Gasteiger charge is 2.26. The molecular weight excluding hydrogens is 318 g/mol. The van der Waals surface area contributed by atoms with Crippen molar-refractivity contribution >= 4 is 23.3 Å². The third kappa shape index (κ3) is 3.55. The fourth-order valence-corrected chi connectivity index (χ4v) is 3.19. The number of hydrogen-bond donors (Lipinski definition) is 1. The van der Waals surface area contributed by atoms with Crippen LogP contribution in [0.15, 0.2) is 16.8 Å². The Morgan fingerprint density at radius 2 is 2.22 bits per heavy atom. The number of hydrogen-bond acceptors (Lipinski definition) is 7. The van der Waals surface area contributed by atoms with Crippen LogP contribution in [0.5, 0.6) is 0 Å². The third-order valence-electron chi connectivity index (χ3n) is 3.96. The summed E-state index contributed by atoms with van der Waals surface area (Å²) in [6.45, 7) is 3.73. The minimum Gasteiger partial charge on any atom is -0.351 e. The lowest BCUT2D eigenvalue weighted by Crippen LogP contribution is -2.41. The molecule has 0 unspecified atom stereocenters. The van der Waals surface area contributed by atoms with Gasteiger partial charge in [0.25, 0.3) is 11.8 Å². The van der Waals surface area contributed by atoms with E-state index in [1.54, 1.807) is 6.92 Å². The van der Waals surface area contributed by atoms with Gasteiger partial charge in [0.05, 0.1) is 11.9 Å². The largest absolute Gasteiger partial charge is 0.351 e. The van der Waals surface area contributed by atoms with E-state index in [0.29, 0.717) is 36.1 Å². The fourth-order valence-electron chi connectivity index (χ4n) is 2.57. The van der Waals surface area contributed by atoms with Crippen LogP contribution in [0.3, 0.4) is 0 Å². The maximum Gasteiger partial charge on any atom is 0.289 e. The number of nitrogens with zero attached hydrogens (tertiary/aromatic N) is 4. The first-order chi connectivity index (χ1) is 11.1. The van der Waals surface area contributed by atoms with Crippen molar-refractivity contribution in [1.82, 2.24) is 25.0 Å². The van der Waals surface area contributed by atoms with Gasteiger partial charge in [-0.25, -0.2) is 0 Å². The molecule has 0 saturated carbocycles. The minimum atomic E-state index is -0.257. The molecule has 23 heavy (non-hydrogen) atoms. The number of aryl methyl sites for hydroxylation is 1. The Labute approximate surface area is 137 Å². The van der Waals surface area contributed by atoms with Crippen molar-refractivity contribution in [3.8, 4) is 0 Å².